The maximum absolute atomic E-state index is 14.3. The number of benzene rings is 2. The summed E-state index contributed by atoms with van der Waals surface area (Å²) in [5, 5.41) is 17.0. The molecule has 0 saturated heterocycles. The number of carbonyl (C=O) groups is 3. The smallest absolute Gasteiger partial charge is 0.249 e. The van der Waals surface area contributed by atoms with Crippen LogP contribution in [0.2, 0.25) is 0 Å². The third-order valence-electron chi connectivity index (χ3n) is 8.56. The Morgan fingerprint density at radius 1 is 1.06 bits per heavy atom. The van der Waals surface area contributed by atoms with Gasteiger partial charge in [-0.25, -0.2) is 8.78 Å². The Morgan fingerprint density at radius 3 is 2.38 bits per heavy atom. The number of carbonyl (C=O) groups excluding carboxylic acids is 3. The highest BCUT2D eigenvalue weighted by Gasteiger charge is 2.48. The number of aliphatic hydroxyl groups excluding tert-OH is 1. The van der Waals surface area contributed by atoms with E-state index in [-0.39, 0.29) is 30.9 Å². The van der Waals surface area contributed by atoms with Gasteiger partial charge in [0.2, 0.25) is 11.8 Å². The fourth-order valence-electron chi connectivity index (χ4n) is 6.49. The zero-order chi connectivity index (χ0) is 34.1. The van der Waals surface area contributed by atoms with E-state index < -0.39 is 35.0 Å². The number of halogens is 2. The molecule has 0 bridgehead atoms. The Bertz CT molecular complexity index is 1630. The van der Waals surface area contributed by atoms with E-state index in [0.717, 1.165) is 41.9 Å². The first kappa shape index (κ1) is 35.9. The number of amides is 2. The summed E-state index contributed by atoms with van der Waals surface area (Å²) < 4.78 is 28.6. The van der Waals surface area contributed by atoms with Crippen molar-refractivity contribution in [2.45, 2.75) is 59.1 Å². The quantitative estimate of drug-likeness (QED) is 0.158. The normalized spacial score (nSPS) is 17.4. The molecule has 1 unspecified atom stereocenters. The second kappa shape index (κ2) is 16.2. The summed E-state index contributed by atoms with van der Waals surface area (Å²) in [7, 11) is 0. The first-order valence-corrected chi connectivity index (χ1v) is 16.8. The first-order valence-electron chi connectivity index (χ1n) is 16.0. The number of allylic oxidation sites excluding steroid dienone is 2. The second-order valence-corrected chi connectivity index (χ2v) is 13.2. The van der Waals surface area contributed by atoms with Crippen LogP contribution in [0.15, 0.2) is 77.2 Å². The minimum absolute atomic E-state index is 0.0349. The Labute approximate surface area is 279 Å². The molecule has 0 spiro atoms. The lowest BCUT2D eigenvalue weighted by Crippen LogP contribution is -2.51. The predicted molar refractivity (Wildman–Crippen MR) is 182 cm³/mol. The van der Waals surface area contributed by atoms with Gasteiger partial charge >= 0.3 is 0 Å². The van der Waals surface area contributed by atoms with Gasteiger partial charge in [-0.1, -0.05) is 49.8 Å². The molecule has 3 atom stereocenters. The van der Waals surface area contributed by atoms with Crippen LogP contribution in [0.5, 0.6) is 0 Å². The highest BCUT2D eigenvalue weighted by atomic mass is 32.1. The van der Waals surface area contributed by atoms with Crippen LogP contribution in [-0.4, -0.2) is 53.8 Å². The van der Waals surface area contributed by atoms with Gasteiger partial charge in [0.25, 0.3) is 0 Å². The lowest BCUT2D eigenvalue weighted by Gasteiger charge is -2.42. The highest BCUT2D eigenvalue weighted by molar-refractivity contribution is 7.12. The van der Waals surface area contributed by atoms with E-state index >= 15 is 0 Å². The van der Waals surface area contributed by atoms with Crippen molar-refractivity contribution in [3.63, 3.8) is 0 Å². The van der Waals surface area contributed by atoms with Crippen LogP contribution in [0.4, 0.5) is 8.78 Å². The average Bonchev–Trinajstić information content (AvgIpc) is 3.52. The van der Waals surface area contributed by atoms with Crippen LogP contribution >= 0.6 is 11.3 Å². The van der Waals surface area contributed by atoms with E-state index in [4.69, 9.17) is 5.73 Å². The van der Waals surface area contributed by atoms with Gasteiger partial charge in [0.1, 0.15) is 11.6 Å². The summed E-state index contributed by atoms with van der Waals surface area (Å²) in [4.78, 5) is 40.8. The van der Waals surface area contributed by atoms with Crippen LogP contribution in [0.1, 0.15) is 60.8 Å². The molecule has 2 aromatic carbocycles. The molecule has 1 aromatic heterocycles. The first-order chi connectivity index (χ1) is 22.5. The topological polar surface area (TPSA) is 113 Å². The van der Waals surface area contributed by atoms with Gasteiger partial charge in [0.05, 0.1) is 16.4 Å². The molecular formula is C37H43F2N3O4S. The molecule has 250 valence electrons. The average molecular weight is 664 g/mol. The van der Waals surface area contributed by atoms with Gasteiger partial charge in [-0.05, 0) is 84.5 Å². The number of rotatable bonds is 16. The summed E-state index contributed by atoms with van der Waals surface area (Å²) in [6.07, 6.45) is 4.50. The zero-order valence-electron chi connectivity index (χ0n) is 27.1. The van der Waals surface area contributed by atoms with E-state index in [1.165, 1.54) is 23.5 Å². The summed E-state index contributed by atoms with van der Waals surface area (Å²) >= 11 is 1.37. The maximum atomic E-state index is 14.3. The second-order valence-electron chi connectivity index (χ2n) is 12.3. The van der Waals surface area contributed by atoms with Crippen molar-refractivity contribution in [2.24, 2.45) is 17.1 Å². The van der Waals surface area contributed by atoms with Crippen molar-refractivity contribution >= 4 is 29.4 Å². The molecule has 0 radical (unpaired) electrons. The fourth-order valence-corrected chi connectivity index (χ4v) is 7.21. The standard InChI is InChI=1S/C37H43F2N3O4S/c1-4-9-42(10-5-2)35(45)28-11-24(3)18-37(19-28,36(40)46)33(15-26-13-30(38)17-31(39)14-26)34(44)21-41-20-25-7-6-8-27(12-25)29-16-32(22-43)47-23-29/h6-8,11-14,16-18,22-23,33-34,41,44H,4-5,9-10,15,19-21H2,1-3H3,(H2,40,46)/t33-,34+,37?/m1/s1. The van der Waals surface area contributed by atoms with Crippen LogP contribution in [0.25, 0.3) is 11.1 Å². The van der Waals surface area contributed by atoms with Crippen molar-refractivity contribution in [3.8, 4) is 11.1 Å². The molecule has 2 amide bonds. The van der Waals surface area contributed by atoms with E-state index in [0.29, 0.717) is 35.7 Å². The molecule has 1 aliphatic carbocycles. The van der Waals surface area contributed by atoms with Gasteiger partial charge in [-0.15, -0.1) is 11.3 Å². The third kappa shape index (κ3) is 8.88. The van der Waals surface area contributed by atoms with Gasteiger partial charge < -0.3 is 21.1 Å². The fraction of sp³-hybridized carbons (Fsp3) is 0.378. The van der Waals surface area contributed by atoms with Gasteiger partial charge in [-0.3, -0.25) is 14.4 Å². The Kier molecular flexibility index (Phi) is 12.4. The summed E-state index contributed by atoms with van der Waals surface area (Å²) in [6.45, 7) is 7.28. The number of nitrogens with one attached hydrogen (secondary N) is 1. The van der Waals surface area contributed by atoms with Gasteiger partial charge in [-0.2, -0.15) is 0 Å². The Hall–Kier alpha value is -3.99. The third-order valence-corrected chi connectivity index (χ3v) is 9.42. The number of hydrogen-bond donors (Lipinski definition) is 3. The molecule has 10 heteroatoms. The molecule has 1 aliphatic rings. The lowest BCUT2D eigenvalue weighted by atomic mass is 9.63. The molecule has 7 nitrogen and oxygen atoms in total. The van der Waals surface area contributed by atoms with E-state index in [1.807, 2.05) is 49.6 Å². The number of thiophene rings is 1. The number of nitrogens with zero attached hydrogens (tertiary/aromatic N) is 1. The maximum Gasteiger partial charge on any atom is 0.249 e. The van der Waals surface area contributed by atoms with E-state index in [9.17, 15) is 28.3 Å². The molecule has 47 heavy (non-hydrogen) atoms. The summed E-state index contributed by atoms with van der Waals surface area (Å²) in [6, 6.07) is 12.7. The van der Waals surface area contributed by atoms with Crippen LogP contribution < -0.4 is 11.1 Å². The zero-order valence-corrected chi connectivity index (χ0v) is 27.9. The number of nitrogens with two attached hydrogens (primary N) is 1. The number of hydrogen-bond acceptors (Lipinski definition) is 6. The Morgan fingerprint density at radius 2 is 1.77 bits per heavy atom. The minimum atomic E-state index is -1.51. The minimum Gasteiger partial charge on any atom is -0.391 e. The summed E-state index contributed by atoms with van der Waals surface area (Å²) in [5.74, 6) is -3.39. The molecular weight excluding hydrogens is 620 g/mol. The van der Waals surface area contributed by atoms with E-state index in [1.54, 1.807) is 24.0 Å². The Balaban J connectivity index is 1.63. The van der Waals surface area contributed by atoms with Crippen LogP contribution in [0, 0.1) is 23.0 Å². The molecule has 4 N–H and O–H groups in total. The molecule has 0 aliphatic heterocycles. The van der Waals surface area contributed by atoms with E-state index in [2.05, 4.69) is 5.32 Å². The number of primary amides is 1. The molecule has 1 heterocycles. The van der Waals surface area contributed by atoms with Gasteiger partial charge in [0, 0.05) is 43.7 Å². The van der Waals surface area contributed by atoms with Crippen LogP contribution in [-0.2, 0) is 22.6 Å². The number of aliphatic hydroxyl groups is 1. The predicted octanol–water partition coefficient (Wildman–Crippen LogP) is 6.21. The molecule has 3 aromatic rings. The summed E-state index contributed by atoms with van der Waals surface area (Å²) in [5.41, 5.74) is 8.75. The van der Waals surface area contributed by atoms with Crippen LogP contribution in [0.3, 0.4) is 0 Å². The SMILES string of the molecule is CCCN(CCC)C(=O)C1=CC(C)=CC(C(N)=O)([C@H](Cc2cc(F)cc(F)c2)[C@@H](O)CNCc2cccc(-c3csc(C=O)c3)c2)C1. The van der Waals surface area contributed by atoms with Crippen molar-refractivity contribution in [3.05, 3.63) is 105 Å². The monoisotopic (exact) mass is 663 g/mol. The van der Waals surface area contributed by atoms with Crippen molar-refractivity contribution in [1.82, 2.24) is 10.2 Å². The molecule has 0 saturated carbocycles. The van der Waals surface area contributed by atoms with Gasteiger partial charge in [0.15, 0.2) is 6.29 Å². The largest absolute Gasteiger partial charge is 0.391 e. The van der Waals surface area contributed by atoms with Crippen molar-refractivity contribution in [2.75, 3.05) is 19.6 Å². The number of aldehydes is 1. The highest BCUT2D eigenvalue weighted by Crippen LogP contribution is 2.44. The molecule has 4 rings (SSSR count). The van der Waals surface area contributed by atoms with Crippen molar-refractivity contribution in [1.29, 1.82) is 0 Å². The van der Waals surface area contributed by atoms with Crippen molar-refractivity contribution < 1.29 is 28.3 Å². The lowest BCUT2D eigenvalue weighted by molar-refractivity contribution is -0.132. The molecule has 0 fully saturated rings.